The molecular formula is C14H18N4OS. The summed E-state index contributed by atoms with van der Waals surface area (Å²) in [6.07, 6.45) is 0. The van der Waals surface area contributed by atoms with Gasteiger partial charge in [0.15, 0.2) is 0 Å². The second-order valence-corrected chi connectivity index (χ2v) is 5.14. The maximum Gasteiger partial charge on any atom is 0.322 e. The van der Waals surface area contributed by atoms with E-state index in [0.29, 0.717) is 23.7 Å². The van der Waals surface area contributed by atoms with Gasteiger partial charge in [-0.2, -0.15) is 15.0 Å². The number of nitrogens with zero attached hydrogens (tertiary/aromatic N) is 3. The van der Waals surface area contributed by atoms with Crippen LogP contribution in [0.25, 0.3) is 0 Å². The fraction of sp³-hybridized carbons (Fsp3) is 0.357. The summed E-state index contributed by atoms with van der Waals surface area (Å²) in [7, 11) is 0. The zero-order valence-corrected chi connectivity index (χ0v) is 12.7. The molecule has 0 amide bonds. The normalized spacial score (nSPS) is 10.3. The molecule has 20 heavy (non-hydrogen) atoms. The van der Waals surface area contributed by atoms with Gasteiger partial charge in [0.05, 0.1) is 6.61 Å². The van der Waals surface area contributed by atoms with E-state index in [-0.39, 0.29) is 0 Å². The van der Waals surface area contributed by atoms with Crippen molar-refractivity contribution >= 4 is 17.7 Å². The van der Waals surface area contributed by atoms with Crippen molar-refractivity contribution in [3.8, 4) is 6.01 Å². The fourth-order valence-corrected chi connectivity index (χ4v) is 2.27. The van der Waals surface area contributed by atoms with E-state index >= 15 is 0 Å². The van der Waals surface area contributed by atoms with Crippen LogP contribution in [-0.4, -0.2) is 28.1 Å². The Hall–Kier alpha value is -1.82. The van der Waals surface area contributed by atoms with Crippen molar-refractivity contribution in [1.82, 2.24) is 15.0 Å². The van der Waals surface area contributed by atoms with E-state index in [1.807, 2.05) is 13.8 Å². The van der Waals surface area contributed by atoms with Gasteiger partial charge in [-0.1, -0.05) is 17.7 Å². The van der Waals surface area contributed by atoms with Crippen molar-refractivity contribution < 1.29 is 4.74 Å². The standard InChI is InChI=1S/C14H18N4OS/c1-4-15-12-16-13(19-5-2)18-14(17-12)20-11-8-6-10(3)7-9-11/h6-9H,4-5H2,1-3H3,(H,15,16,17,18). The third-order valence-corrected chi connectivity index (χ3v) is 3.31. The largest absolute Gasteiger partial charge is 0.464 e. The summed E-state index contributed by atoms with van der Waals surface area (Å²) in [5, 5.41) is 3.71. The molecule has 1 aromatic carbocycles. The molecule has 0 aliphatic carbocycles. The van der Waals surface area contributed by atoms with E-state index in [9.17, 15) is 0 Å². The predicted octanol–water partition coefficient (Wildman–Crippen LogP) is 3.16. The first-order valence-electron chi connectivity index (χ1n) is 6.58. The van der Waals surface area contributed by atoms with Crippen LogP contribution in [0.2, 0.25) is 0 Å². The Kier molecular flexibility index (Phi) is 5.17. The molecule has 1 heterocycles. The maximum atomic E-state index is 5.37. The number of aromatic nitrogens is 3. The molecule has 0 radical (unpaired) electrons. The number of rotatable bonds is 6. The molecule has 106 valence electrons. The highest BCUT2D eigenvalue weighted by atomic mass is 32.2. The van der Waals surface area contributed by atoms with Crippen LogP contribution in [0.15, 0.2) is 34.3 Å². The SMILES string of the molecule is CCNc1nc(OCC)nc(Sc2ccc(C)cc2)n1. The van der Waals surface area contributed by atoms with E-state index in [2.05, 4.69) is 51.5 Å². The Morgan fingerprint density at radius 3 is 2.50 bits per heavy atom. The molecule has 0 bridgehead atoms. The van der Waals surface area contributed by atoms with E-state index in [0.717, 1.165) is 11.4 Å². The van der Waals surface area contributed by atoms with Crippen LogP contribution in [0.4, 0.5) is 5.95 Å². The highest BCUT2D eigenvalue weighted by molar-refractivity contribution is 7.99. The Morgan fingerprint density at radius 1 is 1.10 bits per heavy atom. The molecule has 2 aromatic rings. The molecule has 0 unspecified atom stereocenters. The van der Waals surface area contributed by atoms with Crippen molar-refractivity contribution in [3.63, 3.8) is 0 Å². The third-order valence-electron chi connectivity index (χ3n) is 2.43. The van der Waals surface area contributed by atoms with Crippen LogP contribution in [-0.2, 0) is 0 Å². The minimum Gasteiger partial charge on any atom is -0.464 e. The molecular weight excluding hydrogens is 272 g/mol. The fourth-order valence-electron chi connectivity index (χ4n) is 1.53. The predicted molar refractivity (Wildman–Crippen MR) is 80.5 cm³/mol. The highest BCUT2D eigenvalue weighted by Crippen LogP contribution is 2.26. The molecule has 0 atom stereocenters. The average Bonchev–Trinajstić information content (AvgIpc) is 2.42. The summed E-state index contributed by atoms with van der Waals surface area (Å²) in [5.41, 5.74) is 1.23. The number of nitrogens with one attached hydrogen (secondary N) is 1. The number of aryl methyl sites for hydroxylation is 1. The number of ether oxygens (including phenoxy) is 1. The molecule has 6 heteroatoms. The monoisotopic (exact) mass is 290 g/mol. The molecule has 0 fully saturated rings. The first kappa shape index (κ1) is 14.6. The Balaban J connectivity index is 2.22. The first-order valence-corrected chi connectivity index (χ1v) is 7.40. The second-order valence-electron chi connectivity index (χ2n) is 4.10. The smallest absolute Gasteiger partial charge is 0.322 e. The Morgan fingerprint density at radius 2 is 1.85 bits per heavy atom. The second kappa shape index (κ2) is 7.09. The Bertz CT molecular complexity index is 535. The number of benzene rings is 1. The van der Waals surface area contributed by atoms with Gasteiger partial charge >= 0.3 is 6.01 Å². The van der Waals surface area contributed by atoms with E-state index < -0.39 is 0 Å². The summed E-state index contributed by atoms with van der Waals surface area (Å²) in [5.74, 6) is 0.542. The molecule has 1 aromatic heterocycles. The number of hydrogen-bond donors (Lipinski definition) is 1. The summed E-state index contributed by atoms with van der Waals surface area (Å²) in [6, 6.07) is 8.60. The number of hydrogen-bond acceptors (Lipinski definition) is 6. The van der Waals surface area contributed by atoms with Crippen LogP contribution >= 0.6 is 11.8 Å². The zero-order valence-electron chi connectivity index (χ0n) is 11.9. The third kappa shape index (κ3) is 4.09. The average molecular weight is 290 g/mol. The van der Waals surface area contributed by atoms with E-state index in [1.54, 1.807) is 0 Å². The van der Waals surface area contributed by atoms with Gasteiger partial charge in [-0.05, 0) is 44.7 Å². The van der Waals surface area contributed by atoms with Gasteiger partial charge < -0.3 is 10.1 Å². The topological polar surface area (TPSA) is 59.9 Å². The summed E-state index contributed by atoms with van der Waals surface area (Å²) >= 11 is 1.49. The van der Waals surface area contributed by atoms with Gasteiger partial charge in [-0.25, -0.2) is 0 Å². The zero-order chi connectivity index (χ0) is 14.4. The summed E-state index contributed by atoms with van der Waals surface area (Å²) in [4.78, 5) is 14.0. The van der Waals surface area contributed by atoms with Crippen molar-refractivity contribution in [3.05, 3.63) is 29.8 Å². The van der Waals surface area contributed by atoms with Crippen molar-refractivity contribution in [1.29, 1.82) is 0 Å². The molecule has 0 spiro atoms. The van der Waals surface area contributed by atoms with Crippen LogP contribution in [0.1, 0.15) is 19.4 Å². The molecule has 2 rings (SSSR count). The van der Waals surface area contributed by atoms with Crippen LogP contribution < -0.4 is 10.1 Å². The van der Waals surface area contributed by atoms with Crippen molar-refractivity contribution in [2.75, 3.05) is 18.5 Å². The molecule has 0 aliphatic rings. The van der Waals surface area contributed by atoms with Gasteiger partial charge in [-0.3, -0.25) is 0 Å². The first-order chi connectivity index (χ1) is 9.71. The van der Waals surface area contributed by atoms with Crippen LogP contribution in [0, 0.1) is 6.92 Å². The summed E-state index contributed by atoms with van der Waals surface area (Å²) < 4.78 is 5.37. The van der Waals surface area contributed by atoms with Crippen LogP contribution in [0.3, 0.4) is 0 Å². The molecule has 0 saturated heterocycles. The minimum atomic E-state index is 0.355. The molecule has 1 N–H and O–H groups in total. The minimum absolute atomic E-state index is 0.355. The lowest BCUT2D eigenvalue weighted by Crippen LogP contribution is -2.07. The van der Waals surface area contributed by atoms with Gasteiger partial charge in [0.2, 0.25) is 11.1 Å². The lowest BCUT2D eigenvalue weighted by Gasteiger charge is -2.07. The maximum absolute atomic E-state index is 5.37. The van der Waals surface area contributed by atoms with Gasteiger partial charge in [-0.15, -0.1) is 0 Å². The molecule has 5 nitrogen and oxygen atoms in total. The molecule has 0 saturated carbocycles. The highest BCUT2D eigenvalue weighted by Gasteiger charge is 2.08. The summed E-state index contributed by atoms with van der Waals surface area (Å²) in [6.45, 7) is 7.25. The quantitative estimate of drug-likeness (QED) is 0.882. The van der Waals surface area contributed by atoms with E-state index in [4.69, 9.17) is 4.74 Å². The lowest BCUT2D eigenvalue weighted by molar-refractivity contribution is 0.308. The lowest BCUT2D eigenvalue weighted by atomic mass is 10.2. The van der Waals surface area contributed by atoms with Crippen molar-refractivity contribution in [2.24, 2.45) is 0 Å². The van der Waals surface area contributed by atoms with E-state index in [1.165, 1.54) is 17.3 Å². The Labute approximate surface area is 123 Å². The number of anilines is 1. The van der Waals surface area contributed by atoms with Crippen LogP contribution in [0.5, 0.6) is 6.01 Å². The van der Waals surface area contributed by atoms with Gasteiger partial charge in [0.25, 0.3) is 0 Å². The molecule has 0 aliphatic heterocycles. The van der Waals surface area contributed by atoms with Gasteiger partial charge in [0, 0.05) is 11.4 Å². The van der Waals surface area contributed by atoms with Crippen molar-refractivity contribution in [2.45, 2.75) is 30.8 Å². The van der Waals surface area contributed by atoms with Gasteiger partial charge in [0.1, 0.15) is 0 Å².